The zero-order valence-corrected chi connectivity index (χ0v) is 30.9. The van der Waals surface area contributed by atoms with Gasteiger partial charge < -0.3 is 9.64 Å². The number of amides is 1. The highest BCUT2D eigenvalue weighted by Crippen LogP contribution is 2.50. The maximum absolute atomic E-state index is 13.9. The first-order valence-corrected chi connectivity index (χ1v) is 19.4. The van der Waals surface area contributed by atoms with Gasteiger partial charge in [0.15, 0.2) is 0 Å². The summed E-state index contributed by atoms with van der Waals surface area (Å²) in [6.07, 6.45) is 8.30. The van der Waals surface area contributed by atoms with Gasteiger partial charge in [0.2, 0.25) is 0 Å². The van der Waals surface area contributed by atoms with Gasteiger partial charge in [-0.05, 0) is 56.4 Å². The van der Waals surface area contributed by atoms with E-state index in [2.05, 4.69) is 67.3 Å². The molecule has 3 heterocycles. The van der Waals surface area contributed by atoms with E-state index in [4.69, 9.17) is 17.0 Å². The monoisotopic (exact) mass is 719 g/mol. The molecule has 2 aliphatic heterocycles. The van der Waals surface area contributed by atoms with Crippen molar-refractivity contribution in [2.75, 3.05) is 19.7 Å². The third-order valence-electron chi connectivity index (χ3n) is 7.99. The van der Waals surface area contributed by atoms with Crippen molar-refractivity contribution < 1.29 is 14.3 Å². The number of esters is 1. The van der Waals surface area contributed by atoms with Crippen LogP contribution in [0, 0.1) is 0 Å². The fourth-order valence-electron chi connectivity index (χ4n) is 5.58. The Hall–Kier alpha value is -3.38. The Morgan fingerprint density at radius 1 is 0.812 bits per heavy atom. The molecule has 3 aromatic rings. The Labute approximate surface area is 300 Å². The van der Waals surface area contributed by atoms with Crippen molar-refractivity contribution in [2.45, 2.75) is 65.8 Å². The SMILES string of the molecule is CCCCn1c(=O)/c(=C\C=C2\SC(c3ccccc3)=C(c3ccccc3)N2CC)s/c1=C1\SC(=S)N(CCCCCC(=O)OCC)C1=O. The zero-order valence-electron chi connectivity index (χ0n) is 27.6. The van der Waals surface area contributed by atoms with Crippen molar-refractivity contribution in [3.05, 3.63) is 102 Å². The van der Waals surface area contributed by atoms with Crippen LogP contribution >= 0.6 is 47.1 Å². The van der Waals surface area contributed by atoms with Gasteiger partial charge in [0, 0.05) is 31.0 Å². The third-order valence-corrected chi connectivity index (χ3v) is 11.9. The zero-order chi connectivity index (χ0) is 34.0. The molecule has 1 aromatic heterocycles. The number of thioether (sulfide) groups is 2. The molecule has 5 rings (SSSR count). The van der Waals surface area contributed by atoms with E-state index in [9.17, 15) is 14.4 Å². The number of benzene rings is 2. The number of ether oxygens (including phenoxy) is 1. The van der Waals surface area contributed by atoms with E-state index in [-0.39, 0.29) is 17.4 Å². The molecule has 252 valence electrons. The highest BCUT2D eigenvalue weighted by molar-refractivity contribution is 8.30. The summed E-state index contributed by atoms with van der Waals surface area (Å²) in [5, 5.41) is 1.04. The number of carbonyl (C=O) groups is 2. The summed E-state index contributed by atoms with van der Waals surface area (Å²) in [7, 11) is 0. The summed E-state index contributed by atoms with van der Waals surface area (Å²) in [6, 6.07) is 20.8. The van der Waals surface area contributed by atoms with Crippen molar-refractivity contribution in [3.8, 4) is 0 Å². The molecule has 2 aliphatic rings. The Balaban J connectivity index is 1.46. The number of allylic oxidation sites excluding steroid dienone is 1. The lowest BCUT2D eigenvalue weighted by atomic mass is 10.1. The number of hydrogen-bond acceptors (Lipinski definition) is 9. The molecule has 0 unspecified atom stereocenters. The molecule has 11 heteroatoms. The van der Waals surface area contributed by atoms with E-state index in [0.29, 0.717) is 51.0 Å². The fourth-order valence-corrected chi connectivity index (χ4v) is 9.37. The highest BCUT2D eigenvalue weighted by atomic mass is 32.2. The Bertz CT molecular complexity index is 1880. The van der Waals surface area contributed by atoms with Gasteiger partial charge in [0.1, 0.15) is 13.9 Å². The summed E-state index contributed by atoms with van der Waals surface area (Å²) in [5.41, 5.74) is 3.35. The van der Waals surface area contributed by atoms with E-state index in [1.165, 1.54) is 28.0 Å². The molecular weight excluding hydrogens is 679 g/mol. The van der Waals surface area contributed by atoms with E-state index in [0.717, 1.165) is 54.1 Å². The van der Waals surface area contributed by atoms with Gasteiger partial charge in [-0.1, -0.05) is 116 Å². The van der Waals surface area contributed by atoms with E-state index in [1.807, 2.05) is 24.3 Å². The number of unbranched alkanes of at least 4 members (excludes halogenated alkanes) is 3. The number of aromatic nitrogens is 1. The second-order valence-corrected chi connectivity index (χ2v) is 15.0. The molecule has 7 nitrogen and oxygen atoms in total. The molecule has 0 radical (unpaired) electrons. The Morgan fingerprint density at radius 2 is 1.52 bits per heavy atom. The molecular formula is C37H41N3O4S4. The van der Waals surface area contributed by atoms with Gasteiger partial charge in [-0.3, -0.25) is 23.9 Å². The average Bonchev–Trinajstić information content (AvgIpc) is 3.73. The summed E-state index contributed by atoms with van der Waals surface area (Å²) >= 11 is 9.98. The van der Waals surface area contributed by atoms with Crippen LogP contribution in [0.1, 0.15) is 70.4 Å². The number of hydrogen-bond donors (Lipinski definition) is 0. The van der Waals surface area contributed by atoms with Crippen molar-refractivity contribution in [1.82, 2.24) is 14.4 Å². The average molecular weight is 720 g/mol. The third kappa shape index (κ3) is 8.25. The van der Waals surface area contributed by atoms with Gasteiger partial charge in [0.25, 0.3) is 11.5 Å². The van der Waals surface area contributed by atoms with Crippen LogP contribution in [0.5, 0.6) is 0 Å². The molecule has 0 atom stereocenters. The van der Waals surface area contributed by atoms with Crippen LogP contribution in [-0.4, -0.2) is 50.3 Å². The fraction of sp³-hybridized carbons (Fsp3) is 0.351. The summed E-state index contributed by atoms with van der Waals surface area (Å²) < 4.78 is 8.52. The Morgan fingerprint density at radius 3 is 2.19 bits per heavy atom. The largest absolute Gasteiger partial charge is 0.466 e. The topological polar surface area (TPSA) is 71.8 Å². The van der Waals surface area contributed by atoms with Crippen LogP contribution in [0.15, 0.2) is 76.6 Å². The molecule has 0 aliphatic carbocycles. The van der Waals surface area contributed by atoms with Crippen molar-refractivity contribution in [1.29, 1.82) is 0 Å². The van der Waals surface area contributed by atoms with Gasteiger partial charge in [-0.25, -0.2) is 0 Å². The first kappa shape index (κ1) is 35.9. The van der Waals surface area contributed by atoms with Gasteiger partial charge in [0.05, 0.1) is 21.9 Å². The van der Waals surface area contributed by atoms with E-state index in [1.54, 1.807) is 28.2 Å². The Kier molecular flexibility index (Phi) is 13.0. The lowest BCUT2D eigenvalue weighted by Gasteiger charge is -2.21. The lowest BCUT2D eigenvalue weighted by molar-refractivity contribution is -0.143. The predicted molar refractivity (Wildman–Crippen MR) is 205 cm³/mol. The van der Waals surface area contributed by atoms with Crippen LogP contribution < -0.4 is 14.8 Å². The van der Waals surface area contributed by atoms with Gasteiger partial charge in [-0.2, -0.15) is 0 Å². The number of thiocarbonyl (C=S) groups is 1. The van der Waals surface area contributed by atoms with Crippen molar-refractivity contribution >= 4 is 84.9 Å². The number of carbonyl (C=O) groups excluding carboxylic acids is 2. The number of thiazole rings is 1. The molecule has 0 saturated carbocycles. The minimum atomic E-state index is -0.194. The maximum Gasteiger partial charge on any atom is 0.305 e. The normalized spacial score (nSPS) is 17.4. The van der Waals surface area contributed by atoms with Crippen LogP contribution in [0.2, 0.25) is 0 Å². The van der Waals surface area contributed by atoms with Crippen LogP contribution in [0.3, 0.4) is 0 Å². The minimum Gasteiger partial charge on any atom is -0.466 e. The van der Waals surface area contributed by atoms with E-state index < -0.39 is 0 Å². The van der Waals surface area contributed by atoms with E-state index >= 15 is 0 Å². The minimum absolute atomic E-state index is 0.0879. The smallest absolute Gasteiger partial charge is 0.305 e. The number of rotatable bonds is 14. The molecule has 0 bridgehead atoms. The standard InChI is InChI=1S/C37H41N3O4S4/c1-4-7-24-39-34(42)28(46-36(39)33-35(43)40(37(45)48-33)25-16-10-15-21-30(41)44-6-3)22-23-29-38(5-2)31(26-17-11-8-12-18-26)32(47-29)27-19-13-9-14-20-27/h8-9,11-14,17-20,22-23H,4-7,10,15-16,21,24-25H2,1-3H3/b28-22+,29-23+,36-33-. The van der Waals surface area contributed by atoms with Gasteiger partial charge in [-0.15, -0.1) is 11.3 Å². The molecule has 0 spiro atoms. The quantitative estimate of drug-likeness (QED) is 0.100. The molecule has 0 N–H and O–H groups in total. The first-order chi connectivity index (χ1) is 23.4. The number of nitrogens with zero attached hydrogens (tertiary/aromatic N) is 3. The first-order valence-electron chi connectivity index (χ1n) is 16.5. The van der Waals surface area contributed by atoms with Crippen LogP contribution in [0.4, 0.5) is 0 Å². The second-order valence-electron chi connectivity index (χ2n) is 11.3. The summed E-state index contributed by atoms with van der Waals surface area (Å²) in [6.45, 7) is 8.20. The molecule has 48 heavy (non-hydrogen) atoms. The molecule has 2 aromatic carbocycles. The second kappa shape index (κ2) is 17.3. The van der Waals surface area contributed by atoms with Crippen molar-refractivity contribution in [3.63, 3.8) is 0 Å². The van der Waals surface area contributed by atoms with Crippen molar-refractivity contribution in [2.24, 2.45) is 0 Å². The lowest BCUT2D eigenvalue weighted by Crippen LogP contribution is -2.34. The van der Waals surface area contributed by atoms with Crippen LogP contribution in [-0.2, 0) is 20.9 Å². The van der Waals surface area contributed by atoms with Gasteiger partial charge >= 0.3 is 5.97 Å². The van der Waals surface area contributed by atoms with Crippen LogP contribution in [0.25, 0.3) is 21.6 Å². The summed E-state index contributed by atoms with van der Waals surface area (Å²) in [4.78, 5) is 44.8. The maximum atomic E-state index is 13.9. The molecule has 1 saturated heterocycles. The molecule has 1 fully saturated rings. The highest BCUT2D eigenvalue weighted by Gasteiger charge is 2.34. The summed E-state index contributed by atoms with van der Waals surface area (Å²) in [5.74, 6) is -0.347. The molecule has 1 amide bonds. The predicted octanol–water partition coefficient (Wildman–Crippen LogP) is 7.02.